The normalized spacial score (nSPS) is 11.3. The first-order chi connectivity index (χ1) is 15.2. The Balaban J connectivity index is 1.49. The molecule has 0 unspecified atom stereocenters. The number of aryl methyl sites for hydroxylation is 2. The zero-order chi connectivity index (χ0) is 21.2. The quantitative estimate of drug-likeness (QED) is 0.430. The topological polar surface area (TPSA) is 72.3 Å². The van der Waals surface area contributed by atoms with Crippen LogP contribution in [0.2, 0.25) is 0 Å². The number of aromatic nitrogens is 6. The third kappa shape index (κ3) is 3.61. The highest BCUT2D eigenvalue weighted by atomic mass is 15.5. The maximum Gasteiger partial charge on any atom is 0.180 e. The number of tetrazole rings is 1. The summed E-state index contributed by atoms with van der Waals surface area (Å²) in [4.78, 5) is 4.92. The van der Waals surface area contributed by atoms with Crippen LogP contribution in [-0.4, -0.2) is 30.2 Å². The number of hydrogen-bond donors (Lipinski definition) is 1. The molecule has 0 aliphatic heterocycles. The Morgan fingerprint density at radius 2 is 1.81 bits per heavy atom. The minimum atomic E-state index is 0.667. The first-order valence-electron chi connectivity index (χ1n) is 10.5. The summed E-state index contributed by atoms with van der Waals surface area (Å²) < 4.78 is 2.32. The Kier molecular flexibility index (Phi) is 5.04. The maximum atomic E-state index is 4.92. The molecule has 6 heteroatoms. The number of benzene rings is 3. The molecule has 1 N–H and O–H groups in total. The first kappa shape index (κ1) is 19.2. The maximum absolute atomic E-state index is 4.92. The highest BCUT2D eigenvalue weighted by molar-refractivity contribution is 5.81. The van der Waals surface area contributed by atoms with E-state index in [0.717, 1.165) is 52.9 Å². The number of imidazole rings is 1. The van der Waals surface area contributed by atoms with Crippen molar-refractivity contribution < 1.29 is 0 Å². The molecule has 0 aliphatic rings. The molecule has 31 heavy (non-hydrogen) atoms. The molecule has 2 aromatic heterocycles. The van der Waals surface area contributed by atoms with E-state index in [1.54, 1.807) is 0 Å². The Bertz CT molecular complexity index is 1320. The number of H-pyrrole nitrogens is 1. The van der Waals surface area contributed by atoms with Gasteiger partial charge in [0.05, 0.1) is 11.0 Å². The third-order valence-electron chi connectivity index (χ3n) is 5.59. The fourth-order valence-corrected chi connectivity index (χ4v) is 4.04. The van der Waals surface area contributed by atoms with E-state index in [2.05, 4.69) is 75.4 Å². The Morgan fingerprint density at radius 1 is 1.00 bits per heavy atom. The van der Waals surface area contributed by atoms with Crippen LogP contribution in [0.4, 0.5) is 0 Å². The molecule has 0 aliphatic carbocycles. The number of hydrogen-bond acceptors (Lipinski definition) is 4. The van der Waals surface area contributed by atoms with E-state index < -0.39 is 0 Å². The number of nitrogens with one attached hydrogen (secondary N) is 1. The minimum absolute atomic E-state index is 0.667. The molecule has 6 nitrogen and oxygen atoms in total. The van der Waals surface area contributed by atoms with Crippen LogP contribution in [0.15, 0.2) is 60.7 Å². The SMILES string of the molecule is CCCc1nc2c(C)c[c]cc2n1Cc1ccc(-c2ccccc2-c2nnn[nH]2)cc1. The van der Waals surface area contributed by atoms with Gasteiger partial charge < -0.3 is 4.57 Å². The van der Waals surface area contributed by atoms with Crippen molar-refractivity contribution in [3.63, 3.8) is 0 Å². The van der Waals surface area contributed by atoms with Crippen LogP contribution >= 0.6 is 0 Å². The summed E-state index contributed by atoms with van der Waals surface area (Å²) in [7, 11) is 0. The van der Waals surface area contributed by atoms with Gasteiger partial charge in [-0.15, -0.1) is 5.10 Å². The van der Waals surface area contributed by atoms with Crippen molar-refractivity contribution in [2.75, 3.05) is 0 Å². The number of nitrogens with zero attached hydrogens (tertiary/aromatic N) is 5. The van der Waals surface area contributed by atoms with Crippen LogP contribution in [0.5, 0.6) is 0 Å². The van der Waals surface area contributed by atoms with Crippen molar-refractivity contribution >= 4 is 11.0 Å². The first-order valence-corrected chi connectivity index (χ1v) is 10.5. The molecule has 1 radical (unpaired) electrons. The second-order valence-electron chi connectivity index (χ2n) is 7.73. The fourth-order valence-electron chi connectivity index (χ4n) is 4.04. The van der Waals surface area contributed by atoms with Crippen LogP contribution in [-0.2, 0) is 13.0 Å². The van der Waals surface area contributed by atoms with Crippen molar-refractivity contribution in [2.24, 2.45) is 0 Å². The molecule has 0 fully saturated rings. The lowest BCUT2D eigenvalue weighted by Crippen LogP contribution is -2.05. The summed E-state index contributed by atoms with van der Waals surface area (Å²) >= 11 is 0. The van der Waals surface area contributed by atoms with Gasteiger partial charge in [0.2, 0.25) is 0 Å². The van der Waals surface area contributed by atoms with E-state index in [1.165, 1.54) is 11.1 Å². The zero-order valence-corrected chi connectivity index (χ0v) is 17.6. The highest BCUT2D eigenvalue weighted by Crippen LogP contribution is 2.30. The molecule has 5 rings (SSSR count). The predicted octanol–water partition coefficient (Wildman–Crippen LogP) is 4.99. The van der Waals surface area contributed by atoms with Crippen LogP contribution < -0.4 is 0 Å². The molecule has 0 spiro atoms. The van der Waals surface area contributed by atoms with E-state index in [-0.39, 0.29) is 0 Å². The summed E-state index contributed by atoms with van der Waals surface area (Å²) in [5, 5.41) is 14.4. The third-order valence-corrected chi connectivity index (χ3v) is 5.59. The van der Waals surface area contributed by atoms with Crippen LogP contribution in [0.25, 0.3) is 33.5 Å². The Morgan fingerprint density at radius 3 is 2.55 bits per heavy atom. The molecule has 0 atom stereocenters. The molecule has 2 heterocycles. The van der Waals surface area contributed by atoms with E-state index in [1.807, 2.05) is 30.3 Å². The number of aromatic amines is 1. The van der Waals surface area contributed by atoms with E-state index in [4.69, 9.17) is 4.98 Å². The van der Waals surface area contributed by atoms with Crippen molar-refractivity contribution in [3.8, 4) is 22.5 Å². The average molecular weight is 408 g/mol. The van der Waals surface area contributed by atoms with Crippen LogP contribution in [0.1, 0.15) is 30.3 Å². The van der Waals surface area contributed by atoms with Crippen molar-refractivity contribution in [2.45, 2.75) is 33.2 Å². The molecule has 0 amide bonds. The van der Waals surface area contributed by atoms with E-state index >= 15 is 0 Å². The van der Waals surface area contributed by atoms with Crippen molar-refractivity contribution in [1.29, 1.82) is 0 Å². The number of fused-ring (bicyclic) bond motifs is 1. The minimum Gasteiger partial charge on any atom is -0.323 e. The van der Waals surface area contributed by atoms with Gasteiger partial charge in [-0.05, 0) is 64.2 Å². The summed E-state index contributed by atoms with van der Waals surface area (Å²) in [5.74, 6) is 1.80. The molecule has 0 saturated heterocycles. The monoisotopic (exact) mass is 407 g/mol. The van der Waals surface area contributed by atoms with Gasteiger partial charge in [0.25, 0.3) is 0 Å². The summed E-state index contributed by atoms with van der Waals surface area (Å²) in [5.41, 5.74) is 7.84. The molecule has 0 bridgehead atoms. The second-order valence-corrected chi connectivity index (χ2v) is 7.73. The fraction of sp³-hybridized carbons (Fsp3) is 0.200. The van der Waals surface area contributed by atoms with Gasteiger partial charge in [-0.1, -0.05) is 55.5 Å². The summed E-state index contributed by atoms with van der Waals surface area (Å²) in [6.07, 6.45) is 2.03. The number of rotatable bonds is 6. The molecular formula is C25H23N6. The van der Waals surface area contributed by atoms with E-state index in [9.17, 15) is 0 Å². The van der Waals surface area contributed by atoms with Crippen molar-refractivity contribution in [3.05, 3.63) is 83.7 Å². The molecule has 0 saturated carbocycles. The predicted molar refractivity (Wildman–Crippen MR) is 121 cm³/mol. The lowest BCUT2D eigenvalue weighted by Gasteiger charge is -2.11. The second kappa shape index (κ2) is 8.14. The summed E-state index contributed by atoms with van der Waals surface area (Å²) in [6.45, 7) is 5.08. The lowest BCUT2D eigenvalue weighted by molar-refractivity contribution is 0.722. The smallest absolute Gasteiger partial charge is 0.180 e. The lowest BCUT2D eigenvalue weighted by atomic mass is 9.98. The van der Waals surface area contributed by atoms with Gasteiger partial charge in [-0.25, -0.2) is 10.1 Å². The molecule has 153 valence electrons. The van der Waals surface area contributed by atoms with Gasteiger partial charge >= 0.3 is 0 Å². The van der Waals surface area contributed by atoms with Gasteiger partial charge in [-0.2, -0.15) is 0 Å². The largest absolute Gasteiger partial charge is 0.323 e. The average Bonchev–Trinajstić information content (AvgIpc) is 3.45. The van der Waals surface area contributed by atoms with Crippen molar-refractivity contribution in [1.82, 2.24) is 30.2 Å². The van der Waals surface area contributed by atoms with Gasteiger partial charge in [0.1, 0.15) is 5.82 Å². The zero-order valence-electron chi connectivity index (χ0n) is 17.6. The summed E-state index contributed by atoms with van der Waals surface area (Å²) in [6, 6.07) is 24.1. The van der Waals surface area contributed by atoms with Crippen LogP contribution in [0.3, 0.4) is 0 Å². The van der Waals surface area contributed by atoms with Gasteiger partial charge in [0.15, 0.2) is 5.82 Å². The van der Waals surface area contributed by atoms with Gasteiger partial charge in [0, 0.05) is 18.5 Å². The molecule has 3 aromatic carbocycles. The highest BCUT2D eigenvalue weighted by Gasteiger charge is 2.13. The Labute approximate surface area is 181 Å². The Hall–Kier alpha value is -3.80. The van der Waals surface area contributed by atoms with Crippen LogP contribution in [0, 0.1) is 13.0 Å². The standard InChI is InChI=1S/C25H23N6/c1-3-7-23-26-24-17(2)8-6-11-22(24)31(23)16-18-12-14-19(15-13-18)20-9-4-5-10-21(20)25-27-29-30-28-25/h4-5,8-15H,3,7,16H2,1-2H3,(H,27,28,29,30). The van der Waals surface area contributed by atoms with Gasteiger partial charge in [-0.3, -0.25) is 0 Å². The molecule has 5 aromatic rings. The molecular weight excluding hydrogens is 384 g/mol. The van der Waals surface area contributed by atoms with E-state index in [0.29, 0.717) is 5.82 Å².